The van der Waals surface area contributed by atoms with Crippen LogP contribution in [0.25, 0.3) is 0 Å². The molecule has 0 spiro atoms. The van der Waals surface area contributed by atoms with Crippen molar-refractivity contribution in [2.24, 2.45) is 11.8 Å². The Bertz CT molecular complexity index is 217. The van der Waals surface area contributed by atoms with Crippen LogP contribution in [0.1, 0.15) is 40.5 Å². The van der Waals surface area contributed by atoms with Crippen molar-refractivity contribution in [1.82, 2.24) is 5.32 Å². The molecule has 5 unspecified atom stereocenters. The molecule has 1 saturated heterocycles. The van der Waals surface area contributed by atoms with Gasteiger partial charge in [0.1, 0.15) is 0 Å². The lowest BCUT2D eigenvalue weighted by molar-refractivity contribution is 0.0473. The first-order valence-electron chi connectivity index (χ1n) is 6.61. The van der Waals surface area contributed by atoms with E-state index in [0.717, 1.165) is 13.0 Å². The lowest BCUT2D eigenvalue weighted by Gasteiger charge is -2.29. The Morgan fingerprint density at radius 3 is 2.44 bits per heavy atom. The van der Waals surface area contributed by atoms with Gasteiger partial charge in [0.05, 0.1) is 12.2 Å². The summed E-state index contributed by atoms with van der Waals surface area (Å²) in [6.45, 7) is 13.7. The Kier molecular flexibility index (Phi) is 5.50. The van der Waals surface area contributed by atoms with Gasteiger partial charge >= 0.3 is 0 Å². The summed E-state index contributed by atoms with van der Waals surface area (Å²) in [5, 5.41) is 3.61. The van der Waals surface area contributed by atoms with Crippen molar-refractivity contribution in [3.63, 3.8) is 0 Å². The predicted molar refractivity (Wildman–Crippen MR) is 69.6 cm³/mol. The van der Waals surface area contributed by atoms with E-state index >= 15 is 0 Å². The predicted octanol–water partition coefficient (Wildman–Crippen LogP) is 2.99. The summed E-state index contributed by atoms with van der Waals surface area (Å²) in [6, 6.07) is 0.568. The molecule has 1 N–H and O–H groups in total. The molecule has 0 radical (unpaired) electrons. The van der Waals surface area contributed by atoms with Crippen LogP contribution in [0, 0.1) is 11.8 Å². The highest BCUT2D eigenvalue weighted by atomic mass is 16.5. The number of allylic oxidation sites excluding steroid dienone is 1. The van der Waals surface area contributed by atoms with Crippen molar-refractivity contribution in [1.29, 1.82) is 0 Å². The zero-order valence-corrected chi connectivity index (χ0v) is 11.2. The number of hydrogen-bond acceptors (Lipinski definition) is 2. The van der Waals surface area contributed by atoms with E-state index < -0.39 is 0 Å². The van der Waals surface area contributed by atoms with Gasteiger partial charge in [0.25, 0.3) is 0 Å². The Labute approximate surface area is 100 Å². The van der Waals surface area contributed by atoms with Gasteiger partial charge in [-0.1, -0.05) is 19.9 Å². The van der Waals surface area contributed by atoms with Crippen LogP contribution < -0.4 is 5.32 Å². The quantitative estimate of drug-likeness (QED) is 0.702. The molecule has 0 bridgehead atoms. The van der Waals surface area contributed by atoms with Crippen LogP contribution in [0.2, 0.25) is 0 Å². The summed E-state index contributed by atoms with van der Waals surface area (Å²) in [5.41, 5.74) is 0. The molecule has 0 saturated carbocycles. The van der Waals surface area contributed by atoms with E-state index in [2.05, 4.69) is 39.6 Å². The fourth-order valence-electron chi connectivity index (χ4n) is 2.98. The monoisotopic (exact) mass is 225 g/mol. The van der Waals surface area contributed by atoms with Crippen molar-refractivity contribution in [2.45, 2.75) is 58.8 Å². The molecular weight excluding hydrogens is 198 g/mol. The summed E-state index contributed by atoms with van der Waals surface area (Å²) >= 11 is 0. The maximum Gasteiger partial charge on any atom is 0.0597 e. The molecule has 94 valence electrons. The fraction of sp³-hybridized carbons (Fsp3) is 0.857. The van der Waals surface area contributed by atoms with Gasteiger partial charge in [0, 0.05) is 12.0 Å². The number of ether oxygens (including phenoxy) is 1. The van der Waals surface area contributed by atoms with Crippen molar-refractivity contribution >= 4 is 0 Å². The molecule has 1 aliphatic heterocycles. The normalized spacial score (nSPS) is 36.2. The molecule has 1 heterocycles. The van der Waals surface area contributed by atoms with E-state index in [0.29, 0.717) is 30.1 Å². The molecule has 2 nitrogen and oxygen atoms in total. The van der Waals surface area contributed by atoms with E-state index in [1.807, 2.05) is 6.08 Å². The van der Waals surface area contributed by atoms with Gasteiger partial charge in [0.15, 0.2) is 0 Å². The highest BCUT2D eigenvalue weighted by molar-refractivity contribution is 4.92. The van der Waals surface area contributed by atoms with E-state index in [1.165, 1.54) is 6.42 Å². The van der Waals surface area contributed by atoms with Gasteiger partial charge in [-0.15, -0.1) is 6.58 Å². The average molecular weight is 225 g/mol. The maximum atomic E-state index is 5.93. The van der Waals surface area contributed by atoms with Gasteiger partial charge in [-0.05, 0) is 39.2 Å². The summed E-state index contributed by atoms with van der Waals surface area (Å²) in [4.78, 5) is 0. The molecule has 1 aliphatic rings. The molecule has 0 aromatic heterocycles. The molecular formula is C14H27NO. The minimum Gasteiger partial charge on any atom is -0.375 e. The maximum absolute atomic E-state index is 5.93. The minimum atomic E-state index is 0.374. The molecule has 0 aromatic rings. The number of nitrogens with one attached hydrogen (secondary N) is 1. The standard InChI is InChI=1S/C14H27NO/c1-6-8-9-13(15-7-2)14-10(3)11(4)16-12(14)5/h6,10-15H,1,7-9H2,2-5H3. The van der Waals surface area contributed by atoms with Crippen molar-refractivity contribution in [3.05, 3.63) is 12.7 Å². The van der Waals surface area contributed by atoms with Crippen LogP contribution in [0.15, 0.2) is 12.7 Å². The molecule has 0 aliphatic carbocycles. The molecule has 1 rings (SSSR count). The van der Waals surface area contributed by atoms with Gasteiger partial charge in [0.2, 0.25) is 0 Å². The molecule has 0 aromatic carbocycles. The molecule has 16 heavy (non-hydrogen) atoms. The third-order valence-corrected chi connectivity index (χ3v) is 3.93. The van der Waals surface area contributed by atoms with E-state index in [9.17, 15) is 0 Å². The van der Waals surface area contributed by atoms with Gasteiger partial charge in [-0.25, -0.2) is 0 Å². The van der Waals surface area contributed by atoms with Gasteiger partial charge in [-0.3, -0.25) is 0 Å². The van der Waals surface area contributed by atoms with Crippen LogP contribution in [0.4, 0.5) is 0 Å². The SMILES string of the molecule is C=CCCC(NCC)C1C(C)OC(C)C1C. The first-order chi connectivity index (χ1) is 7.61. The van der Waals surface area contributed by atoms with Gasteiger partial charge in [-0.2, -0.15) is 0 Å². The Morgan fingerprint density at radius 1 is 1.31 bits per heavy atom. The van der Waals surface area contributed by atoms with E-state index in [-0.39, 0.29) is 0 Å². The largest absolute Gasteiger partial charge is 0.375 e. The smallest absolute Gasteiger partial charge is 0.0597 e. The van der Waals surface area contributed by atoms with E-state index in [1.54, 1.807) is 0 Å². The van der Waals surface area contributed by atoms with Crippen LogP contribution in [-0.2, 0) is 4.74 Å². The highest BCUT2D eigenvalue weighted by Gasteiger charge is 2.40. The number of hydrogen-bond donors (Lipinski definition) is 1. The van der Waals surface area contributed by atoms with Crippen LogP contribution >= 0.6 is 0 Å². The second-order valence-electron chi connectivity index (χ2n) is 5.01. The topological polar surface area (TPSA) is 21.3 Å². The average Bonchev–Trinajstić information content (AvgIpc) is 2.49. The Balaban J connectivity index is 2.64. The van der Waals surface area contributed by atoms with Gasteiger partial charge < -0.3 is 10.1 Å². The summed E-state index contributed by atoms with van der Waals surface area (Å²) in [6.07, 6.45) is 5.04. The third kappa shape index (κ3) is 3.08. The minimum absolute atomic E-state index is 0.374. The van der Waals surface area contributed by atoms with E-state index in [4.69, 9.17) is 4.74 Å². The Morgan fingerprint density at radius 2 is 2.00 bits per heavy atom. The van der Waals surface area contributed by atoms with Crippen molar-refractivity contribution in [2.75, 3.05) is 6.54 Å². The lowest BCUT2D eigenvalue weighted by Crippen LogP contribution is -2.41. The Hall–Kier alpha value is -0.340. The molecule has 5 atom stereocenters. The summed E-state index contributed by atoms with van der Waals surface area (Å²) < 4.78 is 5.93. The van der Waals surface area contributed by atoms with Crippen LogP contribution in [0.3, 0.4) is 0 Å². The number of rotatable bonds is 6. The highest BCUT2D eigenvalue weighted by Crippen LogP contribution is 2.35. The molecule has 1 fully saturated rings. The summed E-state index contributed by atoms with van der Waals surface area (Å²) in [5.74, 6) is 1.28. The van der Waals surface area contributed by atoms with Crippen molar-refractivity contribution in [3.8, 4) is 0 Å². The molecule has 2 heteroatoms. The molecule has 0 amide bonds. The zero-order valence-electron chi connectivity index (χ0n) is 11.2. The first kappa shape index (κ1) is 13.7. The fourth-order valence-corrected chi connectivity index (χ4v) is 2.98. The first-order valence-corrected chi connectivity index (χ1v) is 6.61. The van der Waals surface area contributed by atoms with Crippen LogP contribution in [0.5, 0.6) is 0 Å². The van der Waals surface area contributed by atoms with Crippen LogP contribution in [-0.4, -0.2) is 24.8 Å². The third-order valence-electron chi connectivity index (χ3n) is 3.93. The lowest BCUT2D eigenvalue weighted by atomic mass is 9.81. The second kappa shape index (κ2) is 6.41. The zero-order chi connectivity index (χ0) is 12.1. The summed E-state index contributed by atoms with van der Waals surface area (Å²) in [7, 11) is 0. The second-order valence-corrected chi connectivity index (χ2v) is 5.01. The van der Waals surface area contributed by atoms with Crippen molar-refractivity contribution < 1.29 is 4.74 Å².